The fraction of sp³-hybridized carbons (Fsp3) is 0.429. The van der Waals surface area contributed by atoms with Gasteiger partial charge in [-0.15, -0.1) is 0 Å². The highest BCUT2D eigenvalue weighted by Crippen LogP contribution is 2.35. The molecule has 0 bridgehead atoms. The van der Waals surface area contributed by atoms with Gasteiger partial charge in [0.05, 0.1) is 0 Å². The molecule has 106 valence electrons. The van der Waals surface area contributed by atoms with Crippen LogP contribution in [0.4, 0.5) is 0 Å². The van der Waals surface area contributed by atoms with Crippen LogP contribution in [0.25, 0.3) is 11.4 Å². The van der Waals surface area contributed by atoms with Crippen molar-refractivity contribution >= 4 is 11.6 Å². The molecule has 1 aromatic carbocycles. The number of hydrogen-bond donors (Lipinski definition) is 0. The maximum absolute atomic E-state index is 5.98. The molecule has 0 unspecified atom stereocenters. The maximum atomic E-state index is 5.98. The van der Waals surface area contributed by atoms with Crippen LogP contribution >= 0.6 is 11.6 Å². The fourth-order valence-corrected chi connectivity index (χ4v) is 2.55. The van der Waals surface area contributed by atoms with E-state index in [9.17, 15) is 0 Å². The van der Waals surface area contributed by atoms with Crippen LogP contribution in [0.3, 0.4) is 0 Å². The van der Waals surface area contributed by atoms with Crippen molar-refractivity contribution < 1.29 is 14.0 Å². The molecule has 2 heterocycles. The maximum Gasteiger partial charge on any atom is 0.259 e. The van der Waals surface area contributed by atoms with Crippen molar-refractivity contribution in [2.24, 2.45) is 0 Å². The molecule has 3 rings (SSSR count). The van der Waals surface area contributed by atoms with E-state index in [1.165, 1.54) is 0 Å². The average Bonchev–Trinajstić information content (AvgIpc) is 2.98. The van der Waals surface area contributed by atoms with Crippen LogP contribution in [-0.2, 0) is 15.1 Å². The van der Waals surface area contributed by atoms with E-state index in [0.29, 0.717) is 42.8 Å². The summed E-state index contributed by atoms with van der Waals surface area (Å²) in [7, 11) is 1.66. The Balaban J connectivity index is 1.93. The topological polar surface area (TPSA) is 57.4 Å². The van der Waals surface area contributed by atoms with Gasteiger partial charge in [-0.2, -0.15) is 4.98 Å². The number of methoxy groups -OCH3 is 1. The van der Waals surface area contributed by atoms with Gasteiger partial charge in [0.15, 0.2) is 5.60 Å². The highest BCUT2D eigenvalue weighted by molar-refractivity contribution is 6.30. The number of halogens is 1. The molecule has 1 aliphatic rings. The Morgan fingerprint density at radius 2 is 2.10 bits per heavy atom. The Bertz CT molecular complexity index is 594. The molecule has 1 aliphatic heterocycles. The second kappa shape index (κ2) is 5.52. The molecule has 2 aromatic rings. The molecule has 0 radical (unpaired) electrons. The number of benzene rings is 1. The molecular weight excluding hydrogens is 280 g/mol. The zero-order valence-corrected chi connectivity index (χ0v) is 11.9. The summed E-state index contributed by atoms with van der Waals surface area (Å²) in [4.78, 5) is 4.47. The summed E-state index contributed by atoms with van der Waals surface area (Å²) in [5, 5.41) is 4.67. The van der Waals surface area contributed by atoms with Crippen molar-refractivity contribution in [1.29, 1.82) is 0 Å². The van der Waals surface area contributed by atoms with Crippen molar-refractivity contribution in [3.05, 3.63) is 35.2 Å². The SMILES string of the molecule is COC1(c2nc(-c3cccc(Cl)c3)no2)CCOCC1. The van der Waals surface area contributed by atoms with Gasteiger partial charge in [0.2, 0.25) is 5.82 Å². The molecule has 0 spiro atoms. The number of nitrogens with zero attached hydrogens (tertiary/aromatic N) is 2. The smallest absolute Gasteiger partial charge is 0.259 e. The van der Waals surface area contributed by atoms with E-state index in [2.05, 4.69) is 10.1 Å². The monoisotopic (exact) mass is 294 g/mol. The van der Waals surface area contributed by atoms with Crippen LogP contribution < -0.4 is 0 Å². The summed E-state index contributed by atoms with van der Waals surface area (Å²) in [6, 6.07) is 7.36. The Morgan fingerprint density at radius 1 is 1.30 bits per heavy atom. The lowest BCUT2D eigenvalue weighted by Gasteiger charge is -2.32. The lowest BCUT2D eigenvalue weighted by atomic mass is 9.94. The Hall–Kier alpha value is -1.43. The van der Waals surface area contributed by atoms with Crippen LogP contribution in [0.5, 0.6) is 0 Å². The molecule has 1 aromatic heterocycles. The van der Waals surface area contributed by atoms with Crippen LogP contribution in [0, 0.1) is 0 Å². The normalized spacial score (nSPS) is 18.1. The van der Waals surface area contributed by atoms with Crippen LogP contribution in [0.1, 0.15) is 18.7 Å². The van der Waals surface area contributed by atoms with Gasteiger partial charge in [-0.05, 0) is 12.1 Å². The third-order valence-electron chi connectivity index (χ3n) is 3.59. The summed E-state index contributed by atoms with van der Waals surface area (Å²) in [6.45, 7) is 1.26. The van der Waals surface area contributed by atoms with E-state index in [4.69, 9.17) is 25.6 Å². The lowest BCUT2D eigenvalue weighted by molar-refractivity contribution is -0.111. The van der Waals surface area contributed by atoms with Gasteiger partial charge in [-0.1, -0.05) is 28.9 Å². The highest BCUT2D eigenvalue weighted by atomic mass is 35.5. The first-order valence-electron chi connectivity index (χ1n) is 6.46. The van der Waals surface area contributed by atoms with E-state index in [0.717, 1.165) is 5.56 Å². The predicted molar refractivity (Wildman–Crippen MR) is 73.5 cm³/mol. The minimum absolute atomic E-state index is 0.498. The zero-order valence-electron chi connectivity index (χ0n) is 11.1. The summed E-state index contributed by atoms with van der Waals surface area (Å²) in [5.41, 5.74) is 0.285. The van der Waals surface area contributed by atoms with E-state index < -0.39 is 5.60 Å². The minimum Gasteiger partial charge on any atom is -0.381 e. The zero-order chi connectivity index (χ0) is 14.0. The molecule has 1 saturated heterocycles. The Kier molecular flexibility index (Phi) is 3.74. The van der Waals surface area contributed by atoms with Gasteiger partial charge in [0.25, 0.3) is 5.89 Å². The molecule has 0 saturated carbocycles. The molecule has 0 atom stereocenters. The van der Waals surface area contributed by atoms with Crippen LogP contribution in [-0.4, -0.2) is 30.5 Å². The molecule has 0 N–H and O–H groups in total. The molecular formula is C14H15ClN2O3. The second-order valence-corrected chi connectivity index (χ2v) is 5.18. The summed E-state index contributed by atoms with van der Waals surface area (Å²) in [5.74, 6) is 1.02. The lowest BCUT2D eigenvalue weighted by Crippen LogP contribution is -2.35. The van der Waals surface area contributed by atoms with Crippen molar-refractivity contribution in [2.75, 3.05) is 20.3 Å². The molecule has 0 amide bonds. The van der Waals surface area contributed by atoms with Crippen molar-refractivity contribution in [3.63, 3.8) is 0 Å². The van der Waals surface area contributed by atoms with E-state index in [1.807, 2.05) is 12.1 Å². The number of hydrogen-bond acceptors (Lipinski definition) is 5. The molecule has 1 fully saturated rings. The van der Waals surface area contributed by atoms with Gasteiger partial charge in [-0.3, -0.25) is 0 Å². The third kappa shape index (κ3) is 2.44. The van der Waals surface area contributed by atoms with E-state index in [1.54, 1.807) is 19.2 Å². The quantitative estimate of drug-likeness (QED) is 0.871. The molecule has 0 aliphatic carbocycles. The second-order valence-electron chi connectivity index (χ2n) is 4.74. The van der Waals surface area contributed by atoms with Gasteiger partial charge < -0.3 is 14.0 Å². The first kappa shape index (κ1) is 13.5. The highest BCUT2D eigenvalue weighted by Gasteiger charge is 2.40. The fourth-order valence-electron chi connectivity index (χ4n) is 2.36. The van der Waals surface area contributed by atoms with Gasteiger partial charge in [0.1, 0.15) is 0 Å². The number of aromatic nitrogens is 2. The van der Waals surface area contributed by atoms with E-state index >= 15 is 0 Å². The van der Waals surface area contributed by atoms with Crippen molar-refractivity contribution in [2.45, 2.75) is 18.4 Å². The number of ether oxygens (including phenoxy) is 2. The minimum atomic E-state index is -0.540. The Morgan fingerprint density at radius 3 is 2.80 bits per heavy atom. The first-order chi connectivity index (χ1) is 9.73. The third-order valence-corrected chi connectivity index (χ3v) is 3.82. The van der Waals surface area contributed by atoms with Gasteiger partial charge in [0, 0.05) is 43.8 Å². The largest absolute Gasteiger partial charge is 0.381 e. The average molecular weight is 295 g/mol. The number of rotatable bonds is 3. The van der Waals surface area contributed by atoms with Crippen molar-refractivity contribution in [3.8, 4) is 11.4 Å². The van der Waals surface area contributed by atoms with Gasteiger partial charge in [-0.25, -0.2) is 0 Å². The standard InChI is InChI=1S/C14H15ClN2O3/c1-18-14(5-7-19-8-6-14)13-16-12(17-20-13)10-3-2-4-11(15)9-10/h2-4,9H,5-8H2,1H3. The molecule has 5 nitrogen and oxygen atoms in total. The van der Waals surface area contributed by atoms with Crippen LogP contribution in [0.2, 0.25) is 5.02 Å². The molecule has 6 heteroatoms. The predicted octanol–water partition coefficient (Wildman–Crippen LogP) is 3.04. The van der Waals surface area contributed by atoms with Crippen molar-refractivity contribution in [1.82, 2.24) is 10.1 Å². The van der Waals surface area contributed by atoms with Crippen LogP contribution in [0.15, 0.2) is 28.8 Å². The molecule has 20 heavy (non-hydrogen) atoms. The Labute approximate surface area is 121 Å². The first-order valence-corrected chi connectivity index (χ1v) is 6.84. The van der Waals surface area contributed by atoms with Gasteiger partial charge >= 0.3 is 0 Å². The van der Waals surface area contributed by atoms with E-state index in [-0.39, 0.29) is 0 Å². The summed E-state index contributed by atoms with van der Waals surface area (Å²) in [6.07, 6.45) is 1.42. The summed E-state index contributed by atoms with van der Waals surface area (Å²) < 4.78 is 16.4. The summed E-state index contributed by atoms with van der Waals surface area (Å²) >= 11 is 5.98.